The number of amides is 1. The summed E-state index contributed by atoms with van der Waals surface area (Å²) in [6, 6.07) is 5.45. The highest BCUT2D eigenvalue weighted by atomic mass is 32.2. The average molecular weight is 470 g/mol. The largest absolute Gasteiger partial charge is 0.467 e. The molecule has 166 valence electrons. The number of carbonyl (C=O) groups excluding carboxylic acids is 1. The van der Waals surface area contributed by atoms with Crippen LogP contribution in [-0.4, -0.2) is 31.0 Å². The topological polar surface area (TPSA) is 95.0 Å². The Balaban J connectivity index is 1.47. The van der Waals surface area contributed by atoms with Crippen molar-refractivity contribution >= 4 is 45.0 Å². The van der Waals surface area contributed by atoms with Crippen LogP contribution in [0.3, 0.4) is 0 Å². The van der Waals surface area contributed by atoms with Crippen molar-refractivity contribution in [3.8, 4) is 0 Å². The number of hydrogen-bond donors (Lipinski definition) is 1. The van der Waals surface area contributed by atoms with Crippen LogP contribution >= 0.6 is 23.1 Å². The molecule has 0 radical (unpaired) electrons. The summed E-state index contributed by atoms with van der Waals surface area (Å²) >= 11 is 2.87. The molecule has 0 bridgehead atoms. The fourth-order valence-corrected chi connectivity index (χ4v) is 6.17. The fourth-order valence-electron chi connectivity index (χ4n) is 4.06. The third-order valence-electron chi connectivity index (χ3n) is 5.54. The molecule has 0 saturated heterocycles. The molecule has 0 unspecified atom stereocenters. The number of aromatic nitrogens is 4. The number of hydrogen-bond acceptors (Lipinski definition) is 7. The summed E-state index contributed by atoms with van der Waals surface area (Å²) in [6.45, 7) is 2.15. The lowest BCUT2D eigenvalue weighted by atomic mass is 9.97. The third kappa shape index (κ3) is 4.00. The van der Waals surface area contributed by atoms with Gasteiger partial charge in [-0.15, -0.1) is 11.3 Å². The Morgan fingerprint density at radius 2 is 2.19 bits per heavy atom. The van der Waals surface area contributed by atoms with Gasteiger partial charge in [0.05, 0.1) is 29.6 Å². The summed E-state index contributed by atoms with van der Waals surface area (Å²) in [5.74, 6) is 1.26. The van der Waals surface area contributed by atoms with E-state index in [4.69, 9.17) is 9.40 Å². The van der Waals surface area contributed by atoms with Gasteiger partial charge in [-0.1, -0.05) is 11.8 Å². The second-order valence-corrected chi connectivity index (χ2v) is 9.91. The molecule has 32 heavy (non-hydrogen) atoms. The number of nitrogens with zero attached hydrogens (tertiary/aromatic N) is 4. The molecule has 1 amide bonds. The summed E-state index contributed by atoms with van der Waals surface area (Å²) in [4.78, 5) is 33.0. The van der Waals surface area contributed by atoms with Crippen LogP contribution in [0.2, 0.25) is 0 Å². The number of anilines is 1. The molecular weight excluding hydrogens is 446 g/mol. The first kappa shape index (κ1) is 21.0. The summed E-state index contributed by atoms with van der Waals surface area (Å²) in [5, 5.41) is 8.37. The van der Waals surface area contributed by atoms with E-state index >= 15 is 0 Å². The van der Waals surface area contributed by atoms with Crippen molar-refractivity contribution in [1.29, 1.82) is 0 Å². The molecule has 8 nitrogen and oxygen atoms in total. The van der Waals surface area contributed by atoms with E-state index in [1.807, 2.05) is 19.1 Å². The average Bonchev–Trinajstić information content (AvgIpc) is 3.48. The van der Waals surface area contributed by atoms with Crippen LogP contribution in [0.5, 0.6) is 0 Å². The first-order chi connectivity index (χ1) is 15.5. The van der Waals surface area contributed by atoms with Crippen LogP contribution in [-0.2, 0) is 31.2 Å². The number of fused-ring (bicyclic) bond motifs is 3. The highest BCUT2D eigenvalue weighted by Gasteiger charge is 2.23. The van der Waals surface area contributed by atoms with Crippen molar-refractivity contribution in [1.82, 2.24) is 19.3 Å². The Morgan fingerprint density at radius 3 is 2.94 bits per heavy atom. The lowest BCUT2D eigenvalue weighted by Gasteiger charge is -2.13. The van der Waals surface area contributed by atoms with Crippen LogP contribution in [0.25, 0.3) is 10.2 Å². The Hall–Kier alpha value is -2.85. The van der Waals surface area contributed by atoms with Crippen molar-refractivity contribution in [2.24, 2.45) is 7.05 Å². The van der Waals surface area contributed by atoms with E-state index in [9.17, 15) is 9.59 Å². The Kier molecular flexibility index (Phi) is 5.64. The summed E-state index contributed by atoms with van der Waals surface area (Å²) in [6.07, 6.45) is 5.76. The third-order valence-corrected chi connectivity index (χ3v) is 7.70. The number of aryl methyl sites for hydroxylation is 4. The van der Waals surface area contributed by atoms with Gasteiger partial charge in [0.25, 0.3) is 5.56 Å². The standard InChI is InChI=1S/C22H23N5O3S2/c1-13-10-17(26(2)25-13)23-18(28)12-31-22-24-20-19(15-7-3-4-8-16(15)32-20)21(29)27(22)11-14-6-5-9-30-14/h5-6,9-10H,3-4,7-8,11-12H2,1-2H3,(H,23,28). The number of carbonyl (C=O) groups is 1. The minimum absolute atomic E-state index is 0.0593. The summed E-state index contributed by atoms with van der Waals surface area (Å²) in [5.41, 5.74) is 1.93. The van der Waals surface area contributed by atoms with Gasteiger partial charge in [-0.2, -0.15) is 5.10 Å². The lowest BCUT2D eigenvalue weighted by molar-refractivity contribution is -0.113. The van der Waals surface area contributed by atoms with E-state index in [2.05, 4.69) is 10.4 Å². The number of thiophene rings is 1. The van der Waals surface area contributed by atoms with Crippen LogP contribution in [0, 0.1) is 6.92 Å². The van der Waals surface area contributed by atoms with E-state index < -0.39 is 0 Å². The summed E-state index contributed by atoms with van der Waals surface area (Å²) < 4.78 is 8.75. The second kappa shape index (κ2) is 8.59. The zero-order valence-corrected chi connectivity index (χ0v) is 19.5. The fraction of sp³-hybridized carbons (Fsp3) is 0.364. The van der Waals surface area contributed by atoms with Gasteiger partial charge in [0, 0.05) is 18.0 Å². The van der Waals surface area contributed by atoms with E-state index in [-0.39, 0.29) is 23.8 Å². The molecule has 0 aromatic carbocycles. The van der Waals surface area contributed by atoms with Crippen LogP contribution in [0.15, 0.2) is 38.8 Å². The smallest absolute Gasteiger partial charge is 0.263 e. The van der Waals surface area contributed by atoms with E-state index in [0.29, 0.717) is 16.7 Å². The molecule has 4 aromatic rings. The molecule has 1 aliphatic carbocycles. The van der Waals surface area contributed by atoms with Crippen LogP contribution in [0.4, 0.5) is 5.82 Å². The minimum atomic E-state index is -0.178. The maximum absolute atomic E-state index is 13.6. The van der Waals surface area contributed by atoms with Gasteiger partial charge in [0.1, 0.15) is 16.4 Å². The zero-order valence-electron chi connectivity index (χ0n) is 17.9. The molecule has 10 heteroatoms. The molecule has 4 aromatic heterocycles. The minimum Gasteiger partial charge on any atom is -0.467 e. The highest BCUT2D eigenvalue weighted by molar-refractivity contribution is 7.99. The first-order valence-electron chi connectivity index (χ1n) is 10.5. The van der Waals surface area contributed by atoms with Gasteiger partial charge in [-0.3, -0.25) is 18.8 Å². The first-order valence-corrected chi connectivity index (χ1v) is 12.3. The predicted octanol–water partition coefficient (Wildman–Crippen LogP) is 3.75. The van der Waals surface area contributed by atoms with Gasteiger partial charge in [0.15, 0.2) is 5.16 Å². The van der Waals surface area contributed by atoms with E-state index in [1.54, 1.807) is 40.0 Å². The molecule has 5 rings (SSSR count). The quantitative estimate of drug-likeness (QED) is 0.341. The maximum atomic E-state index is 13.6. The molecule has 4 heterocycles. The second-order valence-electron chi connectivity index (χ2n) is 7.89. The van der Waals surface area contributed by atoms with Gasteiger partial charge in [-0.05, 0) is 50.3 Å². The molecule has 0 fully saturated rings. The number of thioether (sulfide) groups is 1. The van der Waals surface area contributed by atoms with E-state index in [0.717, 1.165) is 47.2 Å². The monoisotopic (exact) mass is 469 g/mol. The molecular formula is C22H23N5O3S2. The van der Waals surface area contributed by atoms with Gasteiger partial charge in [0.2, 0.25) is 5.91 Å². The highest BCUT2D eigenvalue weighted by Crippen LogP contribution is 2.34. The molecule has 0 spiro atoms. The normalized spacial score (nSPS) is 13.4. The molecule has 1 aliphatic rings. The molecule has 0 aliphatic heterocycles. The van der Waals surface area contributed by atoms with Crippen molar-refractivity contribution in [2.75, 3.05) is 11.1 Å². The SMILES string of the molecule is Cc1cc(NC(=O)CSc2nc3sc4c(c3c(=O)n2Cc2ccco2)CCCC4)n(C)n1. The molecule has 0 saturated carbocycles. The van der Waals surface area contributed by atoms with Crippen LogP contribution in [0.1, 0.15) is 34.7 Å². The van der Waals surface area contributed by atoms with Gasteiger partial charge >= 0.3 is 0 Å². The molecule has 0 atom stereocenters. The van der Waals surface area contributed by atoms with Crippen molar-refractivity contribution in [3.05, 3.63) is 56.7 Å². The number of rotatable bonds is 6. The Morgan fingerprint density at radius 1 is 1.34 bits per heavy atom. The summed E-state index contributed by atoms with van der Waals surface area (Å²) in [7, 11) is 1.78. The van der Waals surface area contributed by atoms with Crippen molar-refractivity contribution in [3.63, 3.8) is 0 Å². The predicted molar refractivity (Wildman–Crippen MR) is 126 cm³/mol. The number of nitrogens with one attached hydrogen (secondary N) is 1. The van der Waals surface area contributed by atoms with Gasteiger partial charge < -0.3 is 9.73 Å². The molecule has 1 N–H and O–H groups in total. The van der Waals surface area contributed by atoms with Crippen LogP contribution < -0.4 is 10.9 Å². The van der Waals surface area contributed by atoms with Crippen molar-refractivity contribution in [2.45, 2.75) is 44.3 Å². The Bertz CT molecular complexity index is 1350. The zero-order chi connectivity index (χ0) is 22.2. The van der Waals surface area contributed by atoms with Crippen molar-refractivity contribution < 1.29 is 9.21 Å². The Labute approximate surface area is 192 Å². The van der Waals surface area contributed by atoms with Gasteiger partial charge in [-0.25, -0.2) is 4.98 Å². The maximum Gasteiger partial charge on any atom is 0.263 e. The lowest BCUT2D eigenvalue weighted by Crippen LogP contribution is -2.25. The van der Waals surface area contributed by atoms with E-state index in [1.165, 1.54) is 16.6 Å². The number of furan rings is 1.